The molecule has 0 aromatic heterocycles. The lowest BCUT2D eigenvalue weighted by Gasteiger charge is -2.34. The Morgan fingerprint density at radius 1 is 1.45 bits per heavy atom. The number of nitrogens with one attached hydrogen (secondary N) is 1. The number of piperidine rings is 1. The summed E-state index contributed by atoms with van der Waals surface area (Å²) in [4.78, 5) is 14.5. The lowest BCUT2D eigenvalue weighted by atomic mass is 9.94. The Morgan fingerprint density at radius 3 is 2.90 bits per heavy atom. The van der Waals surface area contributed by atoms with E-state index in [0.717, 1.165) is 38.4 Å². The fourth-order valence-electron chi connectivity index (χ4n) is 3.06. The molecule has 0 radical (unpaired) electrons. The fourth-order valence-corrected chi connectivity index (χ4v) is 3.06. The van der Waals surface area contributed by atoms with E-state index in [4.69, 9.17) is 5.73 Å². The van der Waals surface area contributed by atoms with Crippen LogP contribution in [0, 0.1) is 11.8 Å². The van der Waals surface area contributed by atoms with Gasteiger partial charge in [0.2, 0.25) is 5.91 Å². The van der Waals surface area contributed by atoms with E-state index >= 15 is 0 Å². The number of nitrogens with two attached hydrogens (primary N) is 1. The summed E-state index contributed by atoms with van der Waals surface area (Å²) in [7, 11) is 0. The maximum atomic E-state index is 12.0. The van der Waals surface area contributed by atoms with E-state index in [1.54, 1.807) is 0 Å². The summed E-state index contributed by atoms with van der Waals surface area (Å²) < 4.78 is 0. The summed E-state index contributed by atoms with van der Waals surface area (Å²) in [6, 6.07) is 0. The molecule has 1 heterocycles. The van der Waals surface area contributed by atoms with Gasteiger partial charge < -0.3 is 16.0 Å². The van der Waals surface area contributed by atoms with Crippen molar-refractivity contribution in [2.75, 3.05) is 32.7 Å². The topological polar surface area (TPSA) is 58.4 Å². The number of rotatable bonds is 9. The first-order valence-corrected chi connectivity index (χ1v) is 8.41. The molecule has 0 spiro atoms. The van der Waals surface area contributed by atoms with Crippen LogP contribution >= 0.6 is 0 Å². The first kappa shape index (κ1) is 17.4. The van der Waals surface area contributed by atoms with Gasteiger partial charge in [0.15, 0.2) is 0 Å². The summed E-state index contributed by atoms with van der Waals surface area (Å²) in [6.45, 7) is 8.92. The number of unbranched alkanes of at least 4 members (excludes halogenated alkanes) is 1. The molecule has 2 atom stereocenters. The third kappa shape index (κ3) is 6.23. The van der Waals surface area contributed by atoms with Crippen molar-refractivity contribution in [1.82, 2.24) is 10.2 Å². The number of carbonyl (C=O) groups excluding carboxylic acids is 1. The highest BCUT2D eigenvalue weighted by molar-refractivity contribution is 5.78. The van der Waals surface area contributed by atoms with Crippen molar-refractivity contribution in [2.24, 2.45) is 17.6 Å². The highest BCUT2D eigenvalue weighted by Gasteiger charge is 2.26. The summed E-state index contributed by atoms with van der Waals surface area (Å²) in [5.41, 5.74) is 5.44. The van der Waals surface area contributed by atoms with Gasteiger partial charge in [0, 0.05) is 26.2 Å². The second-order valence-corrected chi connectivity index (χ2v) is 6.09. The third-order valence-corrected chi connectivity index (χ3v) is 4.38. The number of hydrogen-bond acceptors (Lipinski definition) is 3. The molecule has 20 heavy (non-hydrogen) atoms. The SMILES string of the molecule is CCCCC(CC)CN1CCCC(C(=O)NCCN)C1. The quantitative estimate of drug-likeness (QED) is 0.680. The Bertz CT molecular complexity index is 270. The smallest absolute Gasteiger partial charge is 0.224 e. The van der Waals surface area contributed by atoms with Gasteiger partial charge in [-0.3, -0.25) is 4.79 Å². The third-order valence-electron chi connectivity index (χ3n) is 4.38. The minimum Gasteiger partial charge on any atom is -0.355 e. The minimum atomic E-state index is 0.166. The van der Waals surface area contributed by atoms with Crippen LogP contribution in [0.15, 0.2) is 0 Å². The van der Waals surface area contributed by atoms with Gasteiger partial charge in [-0.25, -0.2) is 0 Å². The molecule has 1 rings (SSSR count). The van der Waals surface area contributed by atoms with Gasteiger partial charge in [0.05, 0.1) is 5.92 Å². The van der Waals surface area contributed by atoms with E-state index in [0.29, 0.717) is 13.1 Å². The zero-order valence-corrected chi connectivity index (χ0v) is 13.4. The molecule has 0 aromatic rings. The molecule has 1 aliphatic rings. The Labute approximate surface area is 124 Å². The molecule has 3 N–H and O–H groups in total. The van der Waals surface area contributed by atoms with Gasteiger partial charge in [-0.05, 0) is 31.7 Å². The molecule has 1 aliphatic heterocycles. The van der Waals surface area contributed by atoms with Crippen molar-refractivity contribution in [2.45, 2.75) is 52.4 Å². The van der Waals surface area contributed by atoms with Crippen LogP contribution < -0.4 is 11.1 Å². The number of carbonyl (C=O) groups is 1. The molecule has 2 unspecified atom stereocenters. The highest BCUT2D eigenvalue weighted by Crippen LogP contribution is 2.20. The molecule has 4 nitrogen and oxygen atoms in total. The molecule has 118 valence electrons. The lowest BCUT2D eigenvalue weighted by Crippen LogP contribution is -2.45. The Hall–Kier alpha value is -0.610. The van der Waals surface area contributed by atoms with Gasteiger partial charge >= 0.3 is 0 Å². The largest absolute Gasteiger partial charge is 0.355 e. The van der Waals surface area contributed by atoms with Crippen LogP contribution in [-0.2, 0) is 4.79 Å². The second-order valence-electron chi connectivity index (χ2n) is 6.09. The van der Waals surface area contributed by atoms with Crippen molar-refractivity contribution in [3.05, 3.63) is 0 Å². The number of likely N-dealkylation sites (tertiary alicyclic amines) is 1. The van der Waals surface area contributed by atoms with Crippen LogP contribution in [0.1, 0.15) is 52.4 Å². The average Bonchev–Trinajstić information content (AvgIpc) is 2.49. The fraction of sp³-hybridized carbons (Fsp3) is 0.938. The first-order valence-electron chi connectivity index (χ1n) is 8.41. The first-order chi connectivity index (χ1) is 9.71. The van der Waals surface area contributed by atoms with E-state index in [2.05, 4.69) is 24.1 Å². The van der Waals surface area contributed by atoms with Crippen LogP contribution in [0.2, 0.25) is 0 Å². The van der Waals surface area contributed by atoms with E-state index in [1.807, 2.05) is 0 Å². The summed E-state index contributed by atoms with van der Waals surface area (Å²) in [5, 5.41) is 2.93. The number of nitrogens with zero attached hydrogens (tertiary/aromatic N) is 1. The second kappa shape index (κ2) is 10.2. The molecule has 0 aromatic carbocycles. The van der Waals surface area contributed by atoms with E-state index in [9.17, 15) is 4.79 Å². The predicted octanol–water partition coefficient (Wildman–Crippen LogP) is 1.99. The standard InChI is InChI=1S/C16H33N3O/c1-3-5-7-14(4-2)12-19-11-6-8-15(13-19)16(20)18-10-9-17/h14-15H,3-13,17H2,1-2H3,(H,18,20). The van der Waals surface area contributed by atoms with E-state index in [1.165, 1.54) is 25.7 Å². The molecular weight excluding hydrogens is 250 g/mol. The molecular formula is C16H33N3O. The van der Waals surface area contributed by atoms with Crippen LogP contribution in [-0.4, -0.2) is 43.5 Å². The monoisotopic (exact) mass is 283 g/mol. The molecule has 1 saturated heterocycles. The molecule has 0 saturated carbocycles. The summed E-state index contributed by atoms with van der Waals surface area (Å²) in [5.74, 6) is 1.15. The summed E-state index contributed by atoms with van der Waals surface area (Å²) >= 11 is 0. The highest BCUT2D eigenvalue weighted by atomic mass is 16.1. The summed E-state index contributed by atoms with van der Waals surface area (Å²) in [6.07, 6.45) is 7.35. The zero-order chi connectivity index (χ0) is 14.8. The number of hydrogen-bond donors (Lipinski definition) is 2. The normalized spacial score (nSPS) is 21.6. The Balaban J connectivity index is 2.37. The van der Waals surface area contributed by atoms with Crippen molar-refractivity contribution >= 4 is 5.91 Å². The lowest BCUT2D eigenvalue weighted by molar-refractivity contribution is -0.126. The molecule has 0 bridgehead atoms. The maximum absolute atomic E-state index is 12.0. The Morgan fingerprint density at radius 2 is 2.25 bits per heavy atom. The van der Waals surface area contributed by atoms with Crippen molar-refractivity contribution in [3.8, 4) is 0 Å². The van der Waals surface area contributed by atoms with Gasteiger partial charge in [-0.1, -0.05) is 33.1 Å². The van der Waals surface area contributed by atoms with Crippen molar-refractivity contribution < 1.29 is 4.79 Å². The van der Waals surface area contributed by atoms with Gasteiger partial charge in [0.25, 0.3) is 0 Å². The van der Waals surface area contributed by atoms with Gasteiger partial charge in [-0.2, -0.15) is 0 Å². The van der Waals surface area contributed by atoms with Crippen LogP contribution in [0.4, 0.5) is 0 Å². The van der Waals surface area contributed by atoms with Crippen LogP contribution in [0.3, 0.4) is 0 Å². The van der Waals surface area contributed by atoms with E-state index < -0.39 is 0 Å². The minimum absolute atomic E-state index is 0.166. The van der Waals surface area contributed by atoms with Crippen LogP contribution in [0.5, 0.6) is 0 Å². The van der Waals surface area contributed by atoms with E-state index in [-0.39, 0.29) is 11.8 Å². The molecule has 0 aliphatic carbocycles. The van der Waals surface area contributed by atoms with Crippen molar-refractivity contribution in [3.63, 3.8) is 0 Å². The van der Waals surface area contributed by atoms with Gasteiger partial charge in [0.1, 0.15) is 0 Å². The maximum Gasteiger partial charge on any atom is 0.224 e. The zero-order valence-electron chi connectivity index (χ0n) is 13.4. The van der Waals surface area contributed by atoms with Crippen LogP contribution in [0.25, 0.3) is 0 Å². The van der Waals surface area contributed by atoms with Gasteiger partial charge in [-0.15, -0.1) is 0 Å². The average molecular weight is 283 g/mol. The predicted molar refractivity (Wildman–Crippen MR) is 84.5 cm³/mol. The molecule has 1 fully saturated rings. The van der Waals surface area contributed by atoms with Crippen molar-refractivity contribution in [1.29, 1.82) is 0 Å². The molecule has 1 amide bonds. The Kier molecular flexibility index (Phi) is 8.86. The number of amides is 1. The molecule has 4 heteroatoms.